The summed E-state index contributed by atoms with van der Waals surface area (Å²) < 4.78 is 5.93. The van der Waals surface area contributed by atoms with Gasteiger partial charge in [-0.1, -0.05) is 36.4 Å². The Morgan fingerprint density at radius 2 is 1.53 bits per heavy atom. The van der Waals surface area contributed by atoms with E-state index in [1.165, 1.54) is 5.69 Å². The molecule has 100 valence electrons. The van der Waals surface area contributed by atoms with E-state index in [0.717, 1.165) is 18.8 Å². The van der Waals surface area contributed by atoms with Crippen LogP contribution in [0.2, 0.25) is 0 Å². The number of hydrogen-bond acceptors (Lipinski definition) is 2. The van der Waals surface area contributed by atoms with Crippen molar-refractivity contribution in [1.29, 1.82) is 0 Å². The van der Waals surface area contributed by atoms with Crippen LogP contribution in [0.4, 0.5) is 5.69 Å². The van der Waals surface area contributed by atoms with Crippen molar-refractivity contribution in [3.63, 3.8) is 0 Å². The van der Waals surface area contributed by atoms with Crippen molar-refractivity contribution < 1.29 is 4.74 Å². The maximum atomic E-state index is 5.93. The lowest BCUT2D eigenvalue weighted by Crippen LogP contribution is -2.33. The van der Waals surface area contributed by atoms with Crippen molar-refractivity contribution in [1.82, 2.24) is 0 Å². The first-order valence-corrected chi connectivity index (χ1v) is 6.81. The summed E-state index contributed by atoms with van der Waals surface area (Å²) in [6.07, 6.45) is 0.155. The highest BCUT2D eigenvalue weighted by molar-refractivity contribution is 5.45. The van der Waals surface area contributed by atoms with Crippen LogP contribution in [0.1, 0.15) is 13.8 Å². The number of ether oxygens (including phenoxy) is 1. The maximum absolute atomic E-state index is 5.93. The fraction of sp³-hybridized carbons (Fsp3) is 0.294. The topological polar surface area (TPSA) is 12.5 Å². The molecule has 0 bridgehead atoms. The average Bonchev–Trinajstić information content (AvgIpc) is 2.47. The van der Waals surface area contributed by atoms with Gasteiger partial charge in [-0.15, -0.1) is 0 Å². The lowest BCUT2D eigenvalue weighted by Gasteiger charge is -2.27. The van der Waals surface area contributed by atoms with Crippen LogP contribution in [0.25, 0.3) is 0 Å². The second-order valence-electron chi connectivity index (χ2n) is 4.62. The molecule has 2 nitrogen and oxygen atoms in total. The molecule has 0 amide bonds. The first-order valence-electron chi connectivity index (χ1n) is 6.81. The Kier molecular flexibility index (Phi) is 4.85. The first kappa shape index (κ1) is 13.5. The van der Waals surface area contributed by atoms with E-state index in [0.29, 0.717) is 0 Å². The Balaban J connectivity index is 1.95. The zero-order chi connectivity index (χ0) is 13.5. The molecule has 1 atom stereocenters. The molecule has 0 fully saturated rings. The molecule has 0 aliphatic carbocycles. The molecule has 19 heavy (non-hydrogen) atoms. The zero-order valence-electron chi connectivity index (χ0n) is 11.6. The Hall–Kier alpha value is -1.96. The number of likely N-dealkylation sites (N-methyl/N-ethyl adjacent to an activating group) is 1. The molecule has 0 saturated heterocycles. The highest BCUT2D eigenvalue weighted by Gasteiger charge is 2.10. The van der Waals surface area contributed by atoms with Crippen LogP contribution < -0.4 is 9.64 Å². The summed E-state index contributed by atoms with van der Waals surface area (Å²) in [5, 5.41) is 0. The number of rotatable bonds is 6. The van der Waals surface area contributed by atoms with E-state index in [9.17, 15) is 0 Å². The Morgan fingerprint density at radius 1 is 0.947 bits per heavy atom. The van der Waals surface area contributed by atoms with E-state index < -0.39 is 0 Å². The third kappa shape index (κ3) is 4.02. The molecule has 0 saturated carbocycles. The smallest absolute Gasteiger partial charge is 0.119 e. The molecule has 0 spiro atoms. The van der Waals surface area contributed by atoms with Gasteiger partial charge in [-0.2, -0.15) is 0 Å². The molecule has 0 radical (unpaired) electrons. The van der Waals surface area contributed by atoms with Crippen LogP contribution in [0.3, 0.4) is 0 Å². The highest BCUT2D eigenvalue weighted by atomic mass is 16.5. The second kappa shape index (κ2) is 6.83. The lowest BCUT2D eigenvalue weighted by molar-refractivity contribution is 0.226. The fourth-order valence-electron chi connectivity index (χ4n) is 2.13. The van der Waals surface area contributed by atoms with Crippen LogP contribution in [-0.4, -0.2) is 19.2 Å². The van der Waals surface area contributed by atoms with Crippen molar-refractivity contribution in [2.24, 2.45) is 0 Å². The van der Waals surface area contributed by atoms with Crippen molar-refractivity contribution in [3.8, 4) is 5.75 Å². The van der Waals surface area contributed by atoms with Gasteiger partial charge in [-0.05, 0) is 38.1 Å². The summed E-state index contributed by atoms with van der Waals surface area (Å²) in [7, 11) is 0. The summed E-state index contributed by atoms with van der Waals surface area (Å²) in [6, 6.07) is 20.4. The van der Waals surface area contributed by atoms with Crippen LogP contribution in [0, 0.1) is 0 Å². The molecule has 2 rings (SSSR count). The molecule has 1 unspecified atom stereocenters. The minimum absolute atomic E-state index is 0.155. The predicted molar refractivity (Wildman–Crippen MR) is 80.9 cm³/mol. The van der Waals surface area contributed by atoms with Crippen LogP contribution in [0.5, 0.6) is 5.75 Å². The molecule has 0 heterocycles. The van der Waals surface area contributed by atoms with Gasteiger partial charge in [0.15, 0.2) is 0 Å². The van der Waals surface area contributed by atoms with Crippen LogP contribution in [-0.2, 0) is 0 Å². The minimum Gasteiger partial charge on any atom is -0.489 e. The summed E-state index contributed by atoms with van der Waals surface area (Å²) in [5.74, 6) is 0.930. The van der Waals surface area contributed by atoms with Gasteiger partial charge >= 0.3 is 0 Å². The van der Waals surface area contributed by atoms with Crippen molar-refractivity contribution >= 4 is 5.69 Å². The number of nitrogens with zero attached hydrogens (tertiary/aromatic N) is 1. The van der Waals surface area contributed by atoms with E-state index in [1.807, 2.05) is 36.4 Å². The predicted octanol–water partition coefficient (Wildman–Crippen LogP) is 3.98. The van der Waals surface area contributed by atoms with Gasteiger partial charge in [0.05, 0.1) is 6.54 Å². The van der Waals surface area contributed by atoms with E-state index in [-0.39, 0.29) is 6.10 Å². The van der Waals surface area contributed by atoms with Gasteiger partial charge in [0, 0.05) is 12.2 Å². The van der Waals surface area contributed by atoms with Crippen molar-refractivity contribution in [2.45, 2.75) is 20.0 Å². The summed E-state index contributed by atoms with van der Waals surface area (Å²) >= 11 is 0. The largest absolute Gasteiger partial charge is 0.489 e. The van der Waals surface area contributed by atoms with E-state index in [4.69, 9.17) is 4.74 Å². The third-order valence-electron chi connectivity index (χ3n) is 3.06. The zero-order valence-corrected chi connectivity index (χ0v) is 11.6. The number of para-hydroxylation sites is 2. The normalized spacial score (nSPS) is 11.9. The standard InChI is InChI=1S/C17H21NO/c1-3-18(16-10-6-4-7-11-16)14-15(2)19-17-12-8-5-9-13-17/h4-13,15H,3,14H2,1-2H3. The molecule has 2 aromatic carbocycles. The number of hydrogen-bond donors (Lipinski definition) is 0. The maximum Gasteiger partial charge on any atom is 0.119 e. The molecule has 0 aliphatic heterocycles. The van der Waals surface area contributed by atoms with E-state index in [1.54, 1.807) is 0 Å². The lowest BCUT2D eigenvalue weighted by atomic mass is 10.2. The molecular formula is C17H21NO. The van der Waals surface area contributed by atoms with E-state index in [2.05, 4.69) is 43.0 Å². The monoisotopic (exact) mass is 255 g/mol. The van der Waals surface area contributed by atoms with Gasteiger partial charge in [-0.3, -0.25) is 0 Å². The Morgan fingerprint density at radius 3 is 2.11 bits per heavy atom. The van der Waals surface area contributed by atoms with Gasteiger partial charge in [0.25, 0.3) is 0 Å². The van der Waals surface area contributed by atoms with Gasteiger partial charge in [-0.25, -0.2) is 0 Å². The molecule has 0 N–H and O–H groups in total. The third-order valence-corrected chi connectivity index (χ3v) is 3.06. The second-order valence-corrected chi connectivity index (χ2v) is 4.62. The molecule has 0 aliphatic rings. The highest BCUT2D eigenvalue weighted by Crippen LogP contribution is 2.16. The molecular weight excluding hydrogens is 234 g/mol. The minimum atomic E-state index is 0.155. The average molecular weight is 255 g/mol. The fourth-order valence-corrected chi connectivity index (χ4v) is 2.13. The van der Waals surface area contributed by atoms with Crippen LogP contribution in [0.15, 0.2) is 60.7 Å². The van der Waals surface area contributed by atoms with Crippen molar-refractivity contribution in [3.05, 3.63) is 60.7 Å². The quantitative estimate of drug-likeness (QED) is 0.774. The van der Waals surface area contributed by atoms with Gasteiger partial charge in [0.2, 0.25) is 0 Å². The number of benzene rings is 2. The Labute approximate surface area is 115 Å². The Bertz CT molecular complexity index is 469. The summed E-state index contributed by atoms with van der Waals surface area (Å²) in [4.78, 5) is 2.33. The van der Waals surface area contributed by atoms with Gasteiger partial charge in [0.1, 0.15) is 11.9 Å². The first-order chi connectivity index (χ1) is 9.29. The number of anilines is 1. The molecule has 0 aromatic heterocycles. The summed E-state index contributed by atoms with van der Waals surface area (Å²) in [5.41, 5.74) is 1.24. The van der Waals surface area contributed by atoms with Gasteiger partial charge < -0.3 is 9.64 Å². The van der Waals surface area contributed by atoms with Crippen LogP contribution >= 0.6 is 0 Å². The van der Waals surface area contributed by atoms with E-state index >= 15 is 0 Å². The SMILES string of the molecule is CCN(CC(C)Oc1ccccc1)c1ccccc1. The summed E-state index contributed by atoms with van der Waals surface area (Å²) in [6.45, 7) is 6.14. The molecule has 2 aromatic rings. The molecule has 2 heteroatoms. The van der Waals surface area contributed by atoms with Crippen molar-refractivity contribution in [2.75, 3.05) is 18.0 Å².